The van der Waals surface area contributed by atoms with Crippen molar-refractivity contribution in [1.82, 2.24) is 15.5 Å². The van der Waals surface area contributed by atoms with E-state index in [4.69, 9.17) is 4.74 Å². The number of piperidine rings is 1. The maximum Gasteiger partial charge on any atom is 0.190 e. The summed E-state index contributed by atoms with van der Waals surface area (Å²) < 4.78 is 5.44. The van der Waals surface area contributed by atoms with E-state index in [-0.39, 0.29) is 24.0 Å². The second kappa shape index (κ2) is 11.6. The highest BCUT2D eigenvalue weighted by Gasteiger charge is 2.16. The summed E-state index contributed by atoms with van der Waals surface area (Å²) in [6, 6.07) is 6.31. The summed E-state index contributed by atoms with van der Waals surface area (Å²) >= 11 is 0. The predicted molar refractivity (Wildman–Crippen MR) is 116 cm³/mol. The Morgan fingerprint density at radius 1 is 1.28 bits per heavy atom. The minimum absolute atomic E-state index is 0. The Kier molecular flexibility index (Phi) is 10.2. The Bertz CT molecular complexity index is 542. The van der Waals surface area contributed by atoms with E-state index < -0.39 is 0 Å². The quantitative estimate of drug-likeness (QED) is 0.390. The van der Waals surface area contributed by atoms with Crippen molar-refractivity contribution in [3.8, 4) is 5.75 Å². The van der Waals surface area contributed by atoms with Crippen LogP contribution in [0.1, 0.15) is 24.0 Å². The number of likely N-dealkylation sites (tertiary alicyclic amines) is 1. The van der Waals surface area contributed by atoms with Gasteiger partial charge in [-0.25, -0.2) is 0 Å². The molecule has 0 radical (unpaired) electrons. The van der Waals surface area contributed by atoms with Crippen molar-refractivity contribution in [1.29, 1.82) is 0 Å². The number of nitrogens with one attached hydrogen (secondary N) is 2. The molecular formula is C19H33IN4O. The normalized spacial score (nSPS) is 16.2. The third-order valence-corrected chi connectivity index (χ3v) is 4.74. The van der Waals surface area contributed by atoms with Gasteiger partial charge in [0.05, 0.1) is 7.11 Å². The van der Waals surface area contributed by atoms with E-state index in [9.17, 15) is 0 Å². The van der Waals surface area contributed by atoms with Crippen LogP contribution in [0.4, 0.5) is 0 Å². The molecule has 0 unspecified atom stereocenters. The monoisotopic (exact) mass is 460 g/mol. The number of benzene rings is 1. The first-order valence-corrected chi connectivity index (χ1v) is 8.89. The highest BCUT2D eigenvalue weighted by atomic mass is 127. The molecule has 5 nitrogen and oxygen atoms in total. The summed E-state index contributed by atoms with van der Waals surface area (Å²) in [5.41, 5.74) is 2.49. The van der Waals surface area contributed by atoms with E-state index in [1.165, 1.54) is 37.1 Å². The lowest BCUT2D eigenvalue weighted by Crippen LogP contribution is -2.42. The molecule has 1 aromatic rings. The van der Waals surface area contributed by atoms with E-state index in [0.29, 0.717) is 0 Å². The van der Waals surface area contributed by atoms with Gasteiger partial charge in [-0.3, -0.25) is 4.99 Å². The van der Waals surface area contributed by atoms with Gasteiger partial charge in [0.25, 0.3) is 0 Å². The summed E-state index contributed by atoms with van der Waals surface area (Å²) in [6.07, 6.45) is 3.45. The lowest BCUT2D eigenvalue weighted by Gasteiger charge is -2.29. The number of hydrogen-bond acceptors (Lipinski definition) is 3. The molecule has 2 rings (SSSR count). The molecule has 0 saturated carbocycles. The zero-order valence-electron chi connectivity index (χ0n) is 16.0. The highest BCUT2D eigenvalue weighted by Crippen LogP contribution is 2.19. The van der Waals surface area contributed by atoms with E-state index in [1.807, 2.05) is 13.1 Å². The van der Waals surface area contributed by atoms with Crippen LogP contribution in [0.25, 0.3) is 0 Å². The standard InChI is InChI=1S/C19H32N4O.HI/c1-15-5-6-18(24-4)17(13-15)7-10-21-19(20-2)22-14-16-8-11-23(3)12-9-16;/h5-6,13,16H,7-12,14H2,1-4H3,(H2,20,21,22);1H. The topological polar surface area (TPSA) is 48.9 Å². The van der Waals surface area contributed by atoms with Crippen LogP contribution in [0.3, 0.4) is 0 Å². The van der Waals surface area contributed by atoms with Crippen molar-refractivity contribution >= 4 is 29.9 Å². The van der Waals surface area contributed by atoms with Crippen LogP contribution in [0.5, 0.6) is 5.75 Å². The summed E-state index contributed by atoms with van der Waals surface area (Å²) in [4.78, 5) is 6.73. The maximum atomic E-state index is 5.44. The first-order chi connectivity index (χ1) is 11.6. The molecule has 1 aliphatic heterocycles. The third-order valence-electron chi connectivity index (χ3n) is 4.74. The number of hydrogen-bond donors (Lipinski definition) is 2. The van der Waals surface area contributed by atoms with Crippen LogP contribution in [0, 0.1) is 12.8 Å². The molecule has 25 heavy (non-hydrogen) atoms. The molecule has 1 saturated heterocycles. The zero-order valence-corrected chi connectivity index (χ0v) is 18.3. The van der Waals surface area contributed by atoms with Gasteiger partial charge in [-0.1, -0.05) is 17.7 Å². The average molecular weight is 460 g/mol. The molecule has 1 aliphatic rings. The number of rotatable bonds is 6. The van der Waals surface area contributed by atoms with E-state index in [0.717, 1.165) is 37.1 Å². The van der Waals surface area contributed by atoms with Gasteiger partial charge in [-0.05, 0) is 63.9 Å². The lowest BCUT2D eigenvalue weighted by molar-refractivity contribution is 0.220. The Morgan fingerprint density at radius 3 is 2.64 bits per heavy atom. The largest absolute Gasteiger partial charge is 0.496 e. The van der Waals surface area contributed by atoms with E-state index in [2.05, 4.69) is 46.6 Å². The van der Waals surface area contributed by atoms with E-state index >= 15 is 0 Å². The van der Waals surface area contributed by atoms with Crippen LogP contribution in [-0.2, 0) is 6.42 Å². The maximum absolute atomic E-state index is 5.44. The van der Waals surface area contributed by atoms with Crippen molar-refractivity contribution in [2.75, 3.05) is 47.4 Å². The van der Waals surface area contributed by atoms with Gasteiger partial charge in [-0.2, -0.15) is 0 Å². The van der Waals surface area contributed by atoms with Crippen LogP contribution in [0.2, 0.25) is 0 Å². The Hall–Kier alpha value is -1.02. The van der Waals surface area contributed by atoms with E-state index in [1.54, 1.807) is 7.11 Å². The fraction of sp³-hybridized carbons (Fsp3) is 0.632. The van der Waals surface area contributed by atoms with Gasteiger partial charge in [0.1, 0.15) is 5.75 Å². The molecule has 0 atom stereocenters. The molecular weight excluding hydrogens is 427 g/mol. The second-order valence-electron chi connectivity index (χ2n) is 6.69. The minimum Gasteiger partial charge on any atom is -0.496 e. The van der Waals surface area contributed by atoms with Gasteiger partial charge in [0.2, 0.25) is 0 Å². The number of methoxy groups -OCH3 is 1. The fourth-order valence-electron chi connectivity index (χ4n) is 3.15. The van der Waals surface area contributed by atoms with Crippen molar-refractivity contribution < 1.29 is 4.74 Å². The summed E-state index contributed by atoms with van der Waals surface area (Å²) in [5.74, 6) is 2.59. The number of nitrogens with zero attached hydrogens (tertiary/aromatic N) is 2. The Balaban J connectivity index is 0.00000312. The van der Waals surface area contributed by atoms with Crippen LogP contribution in [-0.4, -0.2) is 58.2 Å². The number of guanidine groups is 1. The Morgan fingerprint density at radius 2 is 2.00 bits per heavy atom. The first-order valence-electron chi connectivity index (χ1n) is 8.89. The van der Waals surface area contributed by atoms with Crippen LogP contribution < -0.4 is 15.4 Å². The molecule has 0 aliphatic carbocycles. The highest BCUT2D eigenvalue weighted by molar-refractivity contribution is 14.0. The summed E-state index contributed by atoms with van der Waals surface area (Å²) in [7, 11) is 5.75. The predicted octanol–water partition coefficient (Wildman–Crippen LogP) is 2.67. The zero-order chi connectivity index (χ0) is 17.4. The molecule has 1 fully saturated rings. The van der Waals surface area contributed by atoms with Crippen molar-refractivity contribution in [3.05, 3.63) is 29.3 Å². The fourth-order valence-corrected chi connectivity index (χ4v) is 3.15. The summed E-state index contributed by atoms with van der Waals surface area (Å²) in [6.45, 7) is 6.35. The molecule has 0 aromatic heterocycles. The third kappa shape index (κ3) is 7.40. The molecule has 1 heterocycles. The summed E-state index contributed by atoms with van der Waals surface area (Å²) in [5, 5.41) is 6.88. The minimum atomic E-state index is 0. The molecule has 0 spiro atoms. The van der Waals surface area contributed by atoms with Crippen molar-refractivity contribution in [2.24, 2.45) is 10.9 Å². The molecule has 0 bridgehead atoms. The number of aryl methyl sites for hydroxylation is 1. The van der Waals surface area contributed by atoms with Crippen molar-refractivity contribution in [3.63, 3.8) is 0 Å². The number of halogens is 1. The van der Waals surface area contributed by atoms with Gasteiger partial charge < -0.3 is 20.3 Å². The first kappa shape index (κ1) is 22.0. The van der Waals surface area contributed by atoms with Gasteiger partial charge in [-0.15, -0.1) is 24.0 Å². The number of aliphatic imine (C=N–C) groups is 1. The smallest absolute Gasteiger partial charge is 0.190 e. The van der Waals surface area contributed by atoms with Crippen molar-refractivity contribution in [2.45, 2.75) is 26.2 Å². The second-order valence-corrected chi connectivity index (χ2v) is 6.69. The van der Waals surface area contributed by atoms with Gasteiger partial charge in [0.15, 0.2) is 5.96 Å². The number of ether oxygens (including phenoxy) is 1. The van der Waals surface area contributed by atoms with Crippen LogP contribution >= 0.6 is 24.0 Å². The SMILES string of the molecule is CN=C(NCCc1cc(C)ccc1OC)NCC1CCN(C)CC1.I. The molecule has 1 aromatic carbocycles. The van der Waals surface area contributed by atoms with Gasteiger partial charge >= 0.3 is 0 Å². The van der Waals surface area contributed by atoms with Crippen LogP contribution in [0.15, 0.2) is 23.2 Å². The molecule has 6 heteroatoms. The lowest BCUT2D eigenvalue weighted by atomic mass is 9.97. The average Bonchev–Trinajstić information content (AvgIpc) is 2.59. The molecule has 2 N–H and O–H groups in total. The Labute approximate surface area is 169 Å². The molecule has 0 amide bonds. The van der Waals surface area contributed by atoms with Gasteiger partial charge in [0, 0.05) is 20.1 Å². The molecule has 142 valence electrons.